The van der Waals surface area contributed by atoms with Crippen LogP contribution in [0.4, 0.5) is 5.95 Å². The highest BCUT2D eigenvalue weighted by molar-refractivity contribution is 8.53. The van der Waals surface area contributed by atoms with Crippen molar-refractivity contribution in [3.63, 3.8) is 0 Å². The number of nitrogens with two attached hydrogens (primary N) is 1. The predicted octanol–water partition coefficient (Wildman–Crippen LogP) is 3.81. The number of aromatic nitrogens is 4. The Kier molecular flexibility index (Phi) is 8.41. The normalized spacial score (nSPS) is 26.2. The average Bonchev–Trinajstić information content (AvgIpc) is 3.40. The lowest BCUT2D eigenvalue weighted by Crippen LogP contribution is -2.34. The van der Waals surface area contributed by atoms with Crippen LogP contribution in [0.25, 0.3) is 11.2 Å². The number of nitrogen functional groups attached to an aromatic ring is 1. The summed E-state index contributed by atoms with van der Waals surface area (Å²) in [6, 6.07) is 9.32. The molecule has 2 saturated heterocycles. The molecular weight excluding hydrogens is 515 g/mol. The molecule has 5 rings (SSSR count). The van der Waals surface area contributed by atoms with Crippen LogP contribution in [0.2, 0.25) is 0 Å². The molecule has 0 spiro atoms. The summed E-state index contributed by atoms with van der Waals surface area (Å²) in [6.07, 6.45) is 3.79. The number of imidazole rings is 1. The number of anilines is 1. The molecule has 13 heteroatoms. The minimum absolute atomic E-state index is 0.102. The monoisotopic (exact) mass is 546 g/mol. The van der Waals surface area contributed by atoms with Crippen LogP contribution in [0.3, 0.4) is 0 Å². The van der Waals surface area contributed by atoms with Crippen LogP contribution in [0.15, 0.2) is 36.7 Å². The highest BCUT2D eigenvalue weighted by Crippen LogP contribution is 2.50. The molecule has 37 heavy (non-hydrogen) atoms. The van der Waals surface area contributed by atoms with Crippen LogP contribution in [0.1, 0.15) is 38.0 Å². The minimum Gasteiger partial charge on any atom is -0.479 e. The van der Waals surface area contributed by atoms with Crippen molar-refractivity contribution in [2.45, 2.75) is 51.2 Å². The summed E-state index contributed by atoms with van der Waals surface area (Å²) >= 11 is 1.72. The van der Waals surface area contributed by atoms with Crippen LogP contribution >= 0.6 is 18.9 Å². The van der Waals surface area contributed by atoms with E-state index in [1.165, 1.54) is 7.11 Å². The summed E-state index contributed by atoms with van der Waals surface area (Å²) in [7, 11) is 0.474. The zero-order valence-corrected chi connectivity index (χ0v) is 22.5. The second-order valence-corrected chi connectivity index (χ2v) is 12.5. The maximum atomic E-state index is 12.7. The molecule has 4 heterocycles. The number of methoxy groups -OCH3 is 1. The predicted molar refractivity (Wildman–Crippen MR) is 142 cm³/mol. The Labute approximate surface area is 220 Å². The quantitative estimate of drug-likeness (QED) is 0.315. The largest absolute Gasteiger partial charge is 0.479 e. The number of nitrogens with zero attached hydrogens (tertiary/aromatic N) is 4. The van der Waals surface area contributed by atoms with Crippen molar-refractivity contribution in [3.8, 4) is 5.88 Å². The van der Waals surface area contributed by atoms with Crippen molar-refractivity contribution in [2.24, 2.45) is 5.92 Å². The van der Waals surface area contributed by atoms with E-state index in [0.717, 1.165) is 30.6 Å². The number of esters is 1. The molecule has 2 aliphatic heterocycles. The first-order valence-electron chi connectivity index (χ1n) is 12.2. The van der Waals surface area contributed by atoms with Gasteiger partial charge in [-0.2, -0.15) is 9.97 Å². The van der Waals surface area contributed by atoms with Gasteiger partial charge in [0.1, 0.15) is 18.9 Å². The van der Waals surface area contributed by atoms with E-state index in [4.69, 9.17) is 24.5 Å². The SMILES string of the molecule is COc1nc(N)nc2c1ncn2C1OC(COP2N[C@@H](C(=O)OCc3ccccc3)CCCS2)CC1C. The lowest BCUT2D eigenvalue weighted by Gasteiger charge is -2.22. The van der Waals surface area contributed by atoms with E-state index in [1.807, 2.05) is 34.9 Å². The van der Waals surface area contributed by atoms with Crippen molar-refractivity contribution in [1.29, 1.82) is 0 Å². The number of hydrogen-bond acceptors (Lipinski definition) is 11. The van der Waals surface area contributed by atoms with E-state index in [0.29, 0.717) is 23.7 Å². The molecule has 3 N–H and O–H groups in total. The number of carbonyl (C=O) groups excluding carboxylic acids is 1. The molecule has 2 aromatic heterocycles. The smallest absolute Gasteiger partial charge is 0.323 e. The van der Waals surface area contributed by atoms with Gasteiger partial charge in [0, 0.05) is 11.7 Å². The van der Waals surface area contributed by atoms with Gasteiger partial charge in [-0.25, -0.2) is 4.98 Å². The first-order valence-corrected chi connectivity index (χ1v) is 15.1. The third-order valence-electron chi connectivity index (χ3n) is 6.32. The Balaban J connectivity index is 1.16. The second kappa shape index (κ2) is 11.9. The summed E-state index contributed by atoms with van der Waals surface area (Å²) in [4.78, 5) is 25.6. The number of carbonyl (C=O) groups is 1. The maximum Gasteiger partial charge on any atom is 0.323 e. The lowest BCUT2D eigenvalue weighted by atomic mass is 10.1. The summed E-state index contributed by atoms with van der Waals surface area (Å²) in [5.74, 6) is 1.35. The van der Waals surface area contributed by atoms with Crippen molar-refractivity contribution in [1.82, 2.24) is 24.6 Å². The number of fused-ring (bicyclic) bond motifs is 1. The Bertz CT molecular complexity index is 1220. The molecule has 2 fully saturated rings. The van der Waals surface area contributed by atoms with Gasteiger partial charge in [0.2, 0.25) is 11.8 Å². The molecular formula is C24H31N6O5PS. The van der Waals surface area contributed by atoms with Gasteiger partial charge in [-0.15, -0.1) is 0 Å². The summed E-state index contributed by atoms with van der Waals surface area (Å²) < 4.78 is 25.3. The van der Waals surface area contributed by atoms with E-state index in [1.54, 1.807) is 17.7 Å². The first kappa shape index (κ1) is 26.1. The standard InChI is InChI=1S/C24H31N6O5PS/c1-15-11-17(35-22(15)30-14-26-19-20(30)27-24(25)28-21(19)32-2)13-34-36-29-18(9-6-10-37-36)23(31)33-12-16-7-4-3-5-8-16/h3-5,7-8,14-15,17-18,22,29H,6,9-13H2,1-2H3,(H2,25,27,28)/t15?,17?,18-,22?,36?/m1/s1. The first-order chi connectivity index (χ1) is 18.0. The molecule has 0 aliphatic carbocycles. The molecule has 0 saturated carbocycles. The van der Waals surface area contributed by atoms with Gasteiger partial charge in [-0.1, -0.05) is 48.6 Å². The zero-order valence-electron chi connectivity index (χ0n) is 20.8. The van der Waals surface area contributed by atoms with E-state index in [2.05, 4.69) is 27.0 Å². The number of ether oxygens (including phenoxy) is 3. The molecule has 198 valence electrons. The van der Waals surface area contributed by atoms with Crippen LogP contribution < -0.4 is 15.6 Å². The van der Waals surface area contributed by atoms with Crippen LogP contribution in [-0.2, 0) is 25.4 Å². The topological polar surface area (TPSA) is 136 Å². The fourth-order valence-electron chi connectivity index (χ4n) is 4.49. The molecule has 0 amide bonds. The third kappa shape index (κ3) is 6.15. The van der Waals surface area contributed by atoms with E-state index in [9.17, 15) is 4.79 Å². The molecule has 3 aromatic rings. The summed E-state index contributed by atoms with van der Waals surface area (Å²) in [5, 5.41) is 3.38. The minimum atomic E-state index is -1.05. The van der Waals surface area contributed by atoms with Crippen LogP contribution in [0, 0.1) is 5.92 Å². The average molecular weight is 547 g/mol. The zero-order chi connectivity index (χ0) is 25.8. The fourth-order valence-corrected chi connectivity index (χ4v) is 7.86. The van der Waals surface area contributed by atoms with Gasteiger partial charge >= 0.3 is 5.97 Å². The number of benzene rings is 1. The Morgan fingerprint density at radius 3 is 2.97 bits per heavy atom. The third-order valence-corrected chi connectivity index (χ3v) is 9.82. The summed E-state index contributed by atoms with van der Waals surface area (Å²) in [6.45, 7) is 2.82. The Morgan fingerprint density at radius 2 is 2.16 bits per heavy atom. The van der Waals surface area contributed by atoms with Crippen molar-refractivity contribution in [3.05, 3.63) is 42.2 Å². The molecule has 0 bridgehead atoms. The van der Waals surface area contributed by atoms with E-state index < -0.39 is 7.50 Å². The van der Waals surface area contributed by atoms with Crippen molar-refractivity contribution >= 4 is 42.0 Å². The molecule has 4 unspecified atom stereocenters. The van der Waals surface area contributed by atoms with E-state index >= 15 is 0 Å². The second-order valence-electron chi connectivity index (χ2n) is 9.08. The van der Waals surface area contributed by atoms with Crippen LogP contribution in [-0.4, -0.2) is 57.1 Å². The lowest BCUT2D eigenvalue weighted by molar-refractivity contribution is -0.147. The van der Waals surface area contributed by atoms with Crippen molar-refractivity contribution in [2.75, 3.05) is 25.2 Å². The summed E-state index contributed by atoms with van der Waals surface area (Å²) in [5.41, 5.74) is 7.95. The molecule has 5 atom stereocenters. The fraction of sp³-hybridized carbons (Fsp3) is 0.500. The number of nitrogens with one attached hydrogen (secondary N) is 1. The molecule has 0 radical (unpaired) electrons. The molecule has 1 aromatic carbocycles. The number of hydrogen-bond donors (Lipinski definition) is 2. The van der Waals surface area contributed by atoms with Gasteiger partial charge in [0.15, 0.2) is 18.7 Å². The van der Waals surface area contributed by atoms with E-state index in [-0.39, 0.29) is 42.8 Å². The van der Waals surface area contributed by atoms with Gasteiger partial charge in [-0.3, -0.25) is 14.4 Å². The maximum absolute atomic E-state index is 12.7. The highest BCUT2D eigenvalue weighted by Gasteiger charge is 2.36. The highest BCUT2D eigenvalue weighted by atomic mass is 32.7. The van der Waals surface area contributed by atoms with Crippen LogP contribution in [0.5, 0.6) is 5.88 Å². The Hall–Kier alpha value is -2.50. The Morgan fingerprint density at radius 1 is 1.32 bits per heavy atom. The number of rotatable bonds is 8. The molecule has 11 nitrogen and oxygen atoms in total. The van der Waals surface area contributed by atoms with Gasteiger partial charge in [0.05, 0.1) is 26.1 Å². The van der Waals surface area contributed by atoms with Gasteiger partial charge in [0.25, 0.3) is 0 Å². The van der Waals surface area contributed by atoms with Crippen molar-refractivity contribution < 1.29 is 23.5 Å². The molecule has 2 aliphatic rings. The van der Waals surface area contributed by atoms with Gasteiger partial charge in [-0.05, 0) is 24.8 Å². The van der Waals surface area contributed by atoms with Gasteiger partial charge < -0.3 is 24.5 Å².